The molecule has 6 heteroatoms. The number of anilines is 1. The second kappa shape index (κ2) is 5.73. The molecular formula is C14H16N2O4. The third-order valence-corrected chi connectivity index (χ3v) is 3.22. The van der Waals surface area contributed by atoms with E-state index in [1.54, 1.807) is 4.90 Å². The summed E-state index contributed by atoms with van der Waals surface area (Å²) in [6.45, 7) is 1.79. The van der Waals surface area contributed by atoms with Gasteiger partial charge in [0.1, 0.15) is 6.54 Å². The molecule has 1 atom stereocenters. The van der Waals surface area contributed by atoms with Crippen LogP contribution < -0.4 is 10.2 Å². The van der Waals surface area contributed by atoms with Crippen LogP contribution >= 0.6 is 0 Å². The largest absolute Gasteiger partial charge is 0.480 e. The van der Waals surface area contributed by atoms with Crippen LogP contribution in [0.5, 0.6) is 0 Å². The molecule has 0 spiro atoms. The average Bonchev–Trinajstić information content (AvgIpc) is 2.78. The van der Waals surface area contributed by atoms with Crippen molar-refractivity contribution in [1.29, 1.82) is 0 Å². The molecule has 0 saturated carbocycles. The summed E-state index contributed by atoms with van der Waals surface area (Å²) in [6.07, 6.45) is 0.111. The second-order valence-electron chi connectivity index (χ2n) is 4.86. The Hall–Kier alpha value is -2.37. The fourth-order valence-electron chi connectivity index (χ4n) is 2.24. The van der Waals surface area contributed by atoms with Crippen molar-refractivity contribution in [1.82, 2.24) is 5.32 Å². The summed E-state index contributed by atoms with van der Waals surface area (Å²) >= 11 is 0. The van der Waals surface area contributed by atoms with Gasteiger partial charge in [0.05, 0.1) is 5.92 Å². The Morgan fingerprint density at radius 3 is 2.85 bits per heavy atom. The summed E-state index contributed by atoms with van der Waals surface area (Å²) in [5.74, 6) is -2.11. The van der Waals surface area contributed by atoms with Crippen molar-refractivity contribution in [2.75, 3.05) is 18.0 Å². The fourth-order valence-corrected chi connectivity index (χ4v) is 2.24. The Bertz CT molecular complexity index is 556. The van der Waals surface area contributed by atoms with E-state index >= 15 is 0 Å². The van der Waals surface area contributed by atoms with Gasteiger partial charge in [-0.1, -0.05) is 12.1 Å². The summed E-state index contributed by atoms with van der Waals surface area (Å²) in [7, 11) is 0. The van der Waals surface area contributed by atoms with Crippen molar-refractivity contribution in [3.8, 4) is 0 Å². The van der Waals surface area contributed by atoms with E-state index in [-0.39, 0.29) is 18.9 Å². The number of carboxylic acids is 1. The lowest BCUT2D eigenvalue weighted by Crippen LogP contribution is -2.36. The molecule has 0 radical (unpaired) electrons. The van der Waals surface area contributed by atoms with Crippen LogP contribution in [0, 0.1) is 12.8 Å². The predicted molar refractivity (Wildman–Crippen MR) is 72.3 cm³/mol. The molecule has 106 valence electrons. The van der Waals surface area contributed by atoms with Crippen molar-refractivity contribution in [3.63, 3.8) is 0 Å². The van der Waals surface area contributed by atoms with E-state index in [0.717, 1.165) is 11.3 Å². The highest BCUT2D eigenvalue weighted by molar-refractivity contribution is 6.00. The molecule has 6 nitrogen and oxygen atoms in total. The lowest BCUT2D eigenvalue weighted by atomic mass is 10.1. The van der Waals surface area contributed by atoms with Crippen LogP contribution in [0.15, 0.2) is 24.3 Å². The zero-order valence-corrected chi connectivity index (χ0v) is 11.1. The molecule has 1 aliphatic rings. The number of amides is 2. The average molecular weight is 276 g/mol. The molecular weight excluding hydrogens is 260 g/mol. The van der Waals surface area contributed by atoms with Gasteiger partial charge in [0, 0.05) is 18.7 Å². The Labute approximate surface area is 116 Å². The molecule has 0 bridgehead atoms. The quantitative estimate of drug-likeness (QED) is 0.840. The van der Waals surface area contributed by atoms with Gasteiger partial charge in [0.25, 0.3) is 0 Å². The Kier molecular flexibility index (Phi) is 4.02. The van der Waals surface area contributed by atoms with E-state index in [4.69, 9.17) is 5.11 Å². The first-order chi connectivity index (χ1) is 9.47. The van der Waals surface area contributed by atoms with Gasteiger partial charge in [-0.15, -0.1) is 0 Å². The molecule has 1 fully saturated rings. The third kappa shape index (κ3) is 3.14. The molecule has 1 aromatic rings. The van der Waals surface area contributed by atoms with E-state index in [1.807, 2.05) is 31.2 Å². The van der Waals surface area contributed by atoms with Crippen molar-refractivity contribution < 1.29 is 19.5 Å². The number of carbonyl (C=O) groups excluding carboxylic acids is 2. The van der Waals surface area contributed by atoms with Crippen molar-refractivity contribution >= 4 is 23.5 Å². The summed E-state index contributed by atoms with van der Waals surface area (Å²) in [5.41, 5.74) is 1.80. The van der Waals surface area contributed by atoms with Gasteiger partial charge < -0.3 is 15.3 Å². The van der Waals surface area contributed by atoms with Crippen LogP contribution in [0.25, 0.3) is 0 Å². The molecule has 2 amide bonds. The Morgan fingerprint density at radius 1 is 1.45 bits per heavy atom. The SMILES string of the molecule is Cc1cccc(N2CC(C(=O)NCC(=O)O)CC2=O)c1. The van der Waals surface area contributed by atoms with Crippen LogP contribution in [0.3, 0.4) is 0 Å². The highest BCUT2D eigenvalue weighted by Gasteiger charge is 2.35. The Balaban J connectivity index is 2.03. The fraction of sp³-hybridized carbons (Fsp3) is 0.357. The third-order valence-electron chi connectivity index (χ3n) is 3.22. The van der Waals surface area contributed by atoms with Crippen molar-refractivity contribution in [2.45, 2.75) is 13.3 Å². The van der Waals surface area contributed by atoms with Gasteiger partial charge in [-0.05, 0) is 24.6 Å². The summed E-state index contributed by atoms with van der Waals surface area (Å²) in [6, 6.07) is 7.49. The zero-order valence-electron chi connectivity index (χ0n) is 11.1. The smallest absolute Gasteiger partial charge is 0.322 e. The number of hydrogen-bond donors (Lipinski definition) is 2. The standard InChI is InChI=1S/C14H16N2O4/c1-9-3-2-4-11(5-9)16-8-10(6-12(16)17)14(20)15-7-13(18)19/h2-5,10H,6-8H2,1H3,(H,15,20)(H,18,19). The highest BCUT2D eigenvalue weighted by atomic mass is 16.4. The van der Waals surface area contributed by atoms with Gasteiger partial charge in [0.2, 0.25) is 11.8 Å². The number of nitrogens with one attached hydrogen (secondary N) is 1. The van der Waals surface area contributed by atoms with Crippen LogP contribution in [0.1, 0.15) is 12.0 Å². The maximum absolute atomic E-state index is 12.0. The number of carboxylic acid groups (broad SMARTS) is 1. The molecule has 1 aliphatic heterocycles. The van der Waals surface area contributed by atoms with Crippen LogP contribution in [0.2, 0.25) is 0 Å². The number of benzene rings is 1. The molecule has 2 N–H and O–H groups in total. The predicted octanol–water partition coefficient (Wildman–Crippen LogP) is 0.549. The van der Waals surface area contributed by atoms with Gasteiger partial charge in [-0.2, -0.15) is 0 Å². The number of rotatable bonds is 4. The van der Waals surface area contributed by atoms with Gasteiger partial charge in [-0.3, -0.25) is 14.4 Å². The lowest BCUT2D eigenvalue weighted by molar-refractivity contribution is -0.138. The van der Waals surface area contributed by atoms with Crippen molar-refractivity contribution in [3.05, 3.63) is 29.8 Å². The van der Waals surface area contributed by atoms with E-state index < -0.39 is 24.3 Å². The van der Waals surface area contributed by atoms with E-state index in [1.165, 1.54) is 0 Å². The molecule has 0 aliphatic carbocycles. The molecule has 1 aromatic carbocycles. The summed E-state index contributed by atoms with van der Waals surface area (Å²) < 4.78 is 0. The molecule has 2 rings (SSSR count). The minimum Gasteiger partial charge on any atom is -0.480 e. The summed E-state index contributed by atoms with van der Waals surface area (Å²) in [4.78, 5) is 35.7. The molecule has 20 heavy (non-hydrogen) atoms. The molecule has 1 unspecified atom stereocenters. The first-order valence-corrected chi connectivity index (χ1v) is 6.34. The van der Waals surface area contributed by atoms with E-state index in [0.29, 0.717) is 0 Å². The molecule has 1 heterocycles. The Morgan fingerprint density at radius 2 is 2.20 bits per heavy atom. The van der Waals surface area contributed by atoms with Crippen molar-refractivity contribution in [2.24, 2.45) is 5.92 Å². The van der Waals surface area contributed by atoms with Crippen LogP contribution in [-0.2, 0) is 14.4 Å². The van der Waals surface area contributed by atoms with Gasteiger partial charge in [-0.25, -0.2) is 0 Å². The van der Waals surface area contributed by atoms with Crippen LogP contribution in [0.4, 0.5) is 5.69 Å². The second-order valence-corrected chi connectivity index (χ2v) is 4.86. The topological polar surface area (TPSA) is 86.7 Å². The monoisotopic (exact) mass is 276 g/mol. The number of hydrogen-bond acceptors (Lipinski definition) is 3. The summed E-state index contributed by atoms with van der Waals surface area (Å²) in [5, 5.41) is 10.8. The molecule has 1 saturated heterocycles. The number of carbonyl (C=O) groups is 3. The number of aliphatic carboxylic acids is 1. The minimum absolute atomic E-state index is 0.111. The first kappa shape index (κ1) is 14.0. The minimum atomic E-state index is -1.10. The van der Waals surface area contributed by atoms with E-state index in [9.17, 15) is 14.4 Å². The molecule has 0 aromatic heterocycles. The number of nitrogens with zero attached hydrogens (tertiary/aromatic N) is 1. The zero-order chi connectivity index (χ0) is 14.7. The van der Waals surface area contributed by atoms with Gasteiger partial charge >= 0.3 is 5.97 Å². The highest BCUT2D eigenvalue weighted by Crippen LogP contribution is 2.25. The normalized spacial score (nSPS) is 18.1. The number of aryl methyl sites for hydroxylation is 1. The van der Waals surface area contributed by atoms with Gasteiger partial charge in [0.15, 0.2) is 0 Å². The lowest BCUT2D eigenvalue weighted by Gasteiger charge is -2.17. The first-order valence-electron chi connectivity index (χ1n) is 6.34. The van der Waals surface area contributed by atoms with Crippen LogP contribution in [-0.4, -0.2) is 36.0 Å². The maximum atomic E-state index is 12.0. The maximum Gasteiger partial charge on any atom is 0.322 e. The van der Waals surface area contributed by atoms with E-state index in [2.05, 4.69) is 5.32 Å².